The van der Waals surface area contributed by atoms with Crippen LogP contribution in [-0.4, -0.2) is 20.0 Å². The lowest BCUT2D eigenvalue weighted by molar-refractivity contribution is 0.0947. The van der Waals surface area contributed by atoms with Gasteiger partial charge < -0.3 is 9.88 Å². The number of imidazole rings is 1. The third kappa shape index (κ3) is 3.07. The number of amides is 1. The highest BCUT2D eigenvalue weighted by atomic mass is 16.2. The number of carbonyl (C=O) groups is 1. The van der Waals surface area contributed by atoms with Crippen molar-refractivity contribution in [1.82, 2.24) is 19.4 Å². The lowest BCUT2D eigenvalue weighted by atomic mass is 10.1. The summed E-state index contributed by atoms with van der Waals surface area (Å²) >= 11 is 0. The summed E-state index contributed by atoms with van der Waals surface area (Å²) in [5.74, 6) is 0.362. The van der Waals surface area contributed by atoms with E-state index in [0.29, 0.717) is 5.56 Å². The Bertz CT molecular complexity index is 1080. The van der Waals surface area contributed by atoms with Crippen LogP contribution in [0, 0.1) is 6.92 Å². The molecule has 4 rings (SSSR count). The highest BCUT2D eigenvalue weighted by molar-refractivity contribution is 5.95. The van der Waals surface area contributed by atoms with Crippen molar-refractivity contribution in [1.29, 1.82) is 0 Å². The zero-order valence-electron chi connectivity index (χ0n) is 15.5. The van der Waals surface area contributed by atoms with Crippen LogP contribution in [0.2, 0.25) is 0 Å². The monoisotopic (exact) mass is 362 g/mol. The minimum absolute atomic E-state index is 0.183. The van der Waals surface area contributed by atoms with E-state index < -0.39 is 0 Å². The summed E-state index contributed by atoms with van der Waals surface area (Å²) in [5, 5.41) is 2.82. The van der Waals surface area contributed by atoms with E-state index in [9.17, 15) is 9.59 Å². The minimum Gasteiger partial charge on any atom is -0.345 e. The molecule has 0 aliphatic heterocycles. The van der Waals surface area contributed by atoms with E-state index in [1.54, 1.807) is 23.9 Å². The molecular formula is C21H22N4O2. The number of benzene rings is 1. The fourth-order valence-electron chi connectivity index (χ4n) is 3.73. The second-order valence-electron chi connectivity index (χ2n) is 6.95. The van der Waals surface area contributed by atoms with Gasteiger partial charge in [0.15, 0.2) is 0 Å². The van der Waals surface area contributed by atoms with Gasteiger partial charge in [-0.25, -0.2) is 4.98 Å². The molecule has 6 nitrogen and oxygen atoms in total. The number of rotatable bonds is 4. The van der Waals surface area contributed by atoms with Crippen LogP contribution in [0.4, 0.5) is 0 Å². The molecule has 1 amide bonds. The van der Waals surface area contributed by atoms with E-state index in [2.05, 4.69) is 16.4 Å². The number of nitrogens with zero attached hydrogens (tertiary/aromatic N) is 3. The second-order valence-corrected chi connectivity index (χ2v) is 6.95. The molecule has 0 spiro atoms. The molecule has 27 heavy (non-hydrogen) atoms. The maximum Gasteiger partial charge on any atom is 0.268 e. The van der Waals surface area contributed by atoms with Gasteiger partial charge in [0.25, 0.3) is 11.5 Å². The molecule has 0 radical (unpaired) electrons. The highest BCUT2D eigenvalue weighted by Crippen LogP contribution is 2.27. The molecule has 6 heteroatoms. The number of nitrogens with one attached hydrogen (secondary N) is 1. The van der Waals surface area contributed by atoms with Crippen molar-refractivity contribution in [3.05, 3.63) is 81.3 Å². The van der Waals surface area contributed by atoms with Crippen molar-refractivity contribution in [3.63, 3.8) is 0 Å². The fourth-order valence-corrected chi connectivity index (χ4v) is 3.73. The Morgan fingerprint density at radius 2 is 2.07 bits per heavy atom. The molecule has 1 aliphatic carbocycles. The van der Waals surface area contributed by atoms with Crippen molar-refractivity contribution < 1.29 is 4.79 Å². The molecule has 0 fully saturated rings. The Balaban J connectivity index is 1.69. The predicted octanol–water partition coefficient (Wildman–Crippen LogP) is 2.30. The molecule has 0 saturated heterocycles. The van der Waals surface area contributed by atoms with Crippen LogP contribution in [0.3, 0.4) is 0 Å². The quantitative estimate of drug-likeness (QED) is 0.774. The van der Waals surface area contributed by atoms with E-state index in [1.807, 2.05) is 36.0 Å². The van der Waals surface area contributed by atoms with Gasteiger partial charge in [0.1, 0.15) is 11.4 Å². The van der Waals surface area contributed by atoms with Crippen molar-refractivity contribution in [2.75, 3.05) is 0 Å². The Kier molecular flexibility index (Phi) is 4.39. The first kappa shape index (κ1) is 17.3. The Morgan fingerprint density at radius 3 is 2.85 bits per heavy atom. The van der Waals surface area contributed by atoms with Gasteiger partial charge in [-0.1, -0.05) is 12.1 Å². The number of fused-ring (bicyclic) bond motifs is 1. The summed E-state index contributed by atoms with van der Waals surface area (Å²) < 4.78 is 3.44. The number of aryl methyl sites for hydroxylation is 3. The van der Waals surface area contributed by atoms with Crippen LogP contribution in [0.25, 0.3) is 5.69 Å². The van der Waals surface area contributed by atoms with Crippen LogP contribution >= 0.6 is 0 Å². The summed E-state index contributed by atoms with van der Waals surface area (Å²) in [6.45, 7) is 2.06. The number of hydrogen-bond donors (Lipinski definition) is 1. The first-order valence-corrected chi connectivity index (χ1v) is 9.14. The number of aromatic nitrogens is 3. The smallest absolute Gasteiger partial charge is 0.268 e. The summed E-state index contributed by atoms with van der Waals surface area (Å²) in [6.07, 6.45) is 8.37. The first-order chi connectivity index (χ1) is 13.1. The largest absolute Gasteiger partial charge is 0.345 e. The summed E-state index contributed by atoms with van der Waals surface area (Å²) in [6, 6.07) is 7.88. The van der Waals surface area contributed by atoms with E-state index in [-0.39, 0.29) is 23.6 Å². The Labute approximate surface area is 157 Å². The minimum atomic E-state index is -0.373. The predicted molar refractivity (Wildman–Crippen MR) is 103 cm³/mol. The fraction of sp³-hybridized carbons (Fsp3) is 0.286. The summed E-state index contributed by atoms with van der Waals surface area (Å²) in [4.78, 5) is 30.1. The number of pyridine rings is 1. The highest BCUT2D eigenvalue weighted by Gasteiger charge is 2.20. The molecule has 138 valence electrons. The first-order valence-electron chi connectivity index (χ1n) is 9.14. The van der Waals surface area contributed by atoms with Gasteiger partial charge in [0.05, 0.1) is 12.2 Å². The molecule has 0 bridgehead atoms. The topological polar surface area (TPSA) is 68.9 Å². The molecule has 3 aromatic rings. The van der Waals surface area contributed by atoms with Crippen molar-refractivity contribution >= 4 is 5.91 Å². The number of carbonyl (C=O) groups excluding carboxylic acids is 1. The molecular weight excluding hydrogens is 340 g/mol. The van der Waals surface area contributed by atoms with Crippen molar-refractivity contribution in [2.24, 2.45) is 7.05 Å². The number of hydrogen-bond acceptors (Lipinski definition) is 3. The lowest BCUT2D eigenvalue weighted by Crippen LogP contribution is -2.34. The average Bonchev–Trinajstić information content (AvgIpc) is 3.29. The molecule has 2 aromatic heterocycles. The zero-order valence-corrected chi connectivity index (χ0v) is 15.5. The SMILES string of the molecule is Cc1ccn(-c2cccc3c2CCC3)c(=O)c1C(=O)NCc1nccn1C. The van der Waals surface area contributed by atoms with Gasteiger partial charge in [0.2, 0.25) is 0 Å². The standard InChI is InChI=1S/C21H22N4O2/c1-14-9-11-25(17-8-4-6-15-5-3-7-16(15)17)21(27)19(14)20(26)23-13-18-22-10-12-24(18)2/h4,6,8-12H,3,5,7,13H2,1-2H3,(H,23,26). The summed E-state index contributed by atoms with van der Waals surface area (Å²) in [7, 11) is 1.87. The maximum atomic E-state index is 13.1. The molecule has 1 aliphatic rings. The van der Waals surface area contributed by atoms with Gasteiger partial charge >= 0.3 is 0 Å². The second kappa shape index (κ2) is 6.87. The van der Waals surface area contributed by atoms with Crippen LogP contribution in [0.1, 0.15) is 39.3 Å². The third-order valence-electron chi connectivity index (χ3n) is 5.24. The molecule has 2 heterocycles. The zero-order chi connectivity index (χ0) is 19.0. The molecule has 1 aromatic carbocycles. The Hall–Kier alpha value is -3.15. The van der Waals surface area contributed by atoms with Crippen molar-refractivity contribution in [2.45, 2.75) is 32.7 Å². The average molecular weight is 362 g/mol. The molecule has 0 unspecified atom stereocenters. The molecule has 0 atom stereocenters. The Morgan fingerprint density at radius 1 is 1.22 bits per heavy atom. The van der Waals surface area contributed by atoms with E-state index in [4.69, 9.17) is 0 Å². The van der Waals surface area contributed by atoms with Crippen molar-refractivity contribution in [3.8, 4) is 5.69 Å². The van der Waals surface area contributed by atoms with Crippen LogP contribution < -0.4 is 10.9 Å². The van der Waals surface area contributed by atoms with Crippen LogP contribution in [0.5, 0.6) is 0 Å². The van der Waals surface area contributed by atoms with E-state index in [0.717, 1.165) is 30.8 Å². The maximum absolute atomic E-state index is 13.1. The van der Waals surface area contributed by atoms with Gasteiger partial charge in [-0.3, -0.25) is 14.2 Å². The van der Waals surface area contributed by atoms with Crippen LogP contribution in [0.15, 0.2) is 47.7 Å². The molecule has 1 N–H and O–H groups in total. The van der Waals surface area contributed by atoms with Gasteiger partial charge in [-0.15, -0.1) is 0 Å². The van der Waals surface area contributed by atoms with Gasteiger partial charge in [0, 0.05) is 25.6 Å². The van der Waals surface area contributed by atoms with E-state index >= 15 is 0 Å². The lowest BCUT2D eigenvalue weighted by Gasteiger charge is -2.14. The normalized spacial score (nSPS) is 12.8. The third-order valence-corrected chi connectivity index (χ3v) is 5.24. The van der Waals surface area contributed by atoms with Gasteiger partial charge in [-0.05, 0) is 55.0 Å². The molecule has 0 saturated carbocycles. The summed E-state index contributed by atoms with van der Waals surface area (Å²) in [5.41, 5.74) is 3.95. The van der Waals surface area contributed by atoms with E-state index in [1.165, 1.54) is 11.1 Å². The van der Waals surface area contributed by atoms with Crippen LogP contribution in [-0.2, 0) is 26.4 Å². The van der Waals surface area contributed by atoms with Gasteiger partial charge in [-0.2, -0.15) is 0 Å².